The van der Waals surface area contributed by atoms with Gasteiger partial charge in [0.1, 0.15) is 5.82 Å². The summed E-state index contributed by atoms with van der Waals surface area (Å²) in [5, 5.41) is 7.77. The van der Waals surface area contributed by atoms with E-state index in [2.05, 4.69) is 45.8 Å². The van der Waals surface area contributed by atoms with Crippen molar-refractivity contribution in [2.45, 2.75) is 27.2 Å². The molecule has 0 aliphatic heterocycles. The van der Waals surface area contributed by atoms with Crippen LogP contribution in [0.3, 0.4) is 0 Å². The summed E-state index contributed by atoms with van der Waals surface area (Å²) in [7, 11) is 0. The largest absolute Gasteiger partial charge is 0.368 e. The van der Waals surface area contributed by atoms with Crippen LogP contribution in [0.5, 0.6) is 0 Å². The highest BCUT2D eigenvalue weighted by molar-refractivity contribution is 5.87. The van der Waals surface area contributed by atoms with Crippen LogP contribution in [0.2, 0.25) is 0 Å². The predicted molar refractivity (Wildman–Crippen MR) is 73.4 cm³/mol. The molecular formula is C12H20N6. The van der Waals surface area contributed by atoms with Gasteiger partial charge in [-0.15, -0.1) is 0 Å². The van der Waals surface area contributed by atoms with E-state index in [1.807, 2.05) is 0 Å². The highest BCUT2D eigenvalue weighted by atomic mass is 15.2. The fourth-order valence-corrected chi connectivity index (χ4v) is 1.95. The number of rotatable bonds is 5. The maximum Gasteiger partial charge on any atom is 0.224 e. The molecule has 1 unspecified atom stereocenters. The second kappa shape index (κ2) is 5.20. The maximum absolute atomic E-state index is 5.74. The Hall–Kier alpha value is -1.85. The minimum absolute atomic E-state index is 0.282. The zero-order valence-electron chi connectivity index (χ0n) is 11.1. The van der Waals surface area contributed by atoms with E-state index < -0.39 is 0 Å². The lowest BCUT2D eigenvalue weighted by molar-refractivity contribution is 0.546. The van der Waals surface area contributed by atoms with Crippen molar-refractivity contribution in [3.8, 4) is 0 Å². The number of hydrogen-bond donors (Lipinski definition) is 2. The molecule has 0 aliphatic carbocycles. The van der Waals surface area contributed by atoms with Gasteiger partial charge >= 0.3 is 0 Å². The molecule has 2 aromatic rings. The molecule has 2 heterocycles. The quantitative estimate of drug-likeness (QED) is 0.843. The third kappa shape index (κ3) is 2.37. The smallest absolute Gasteiger partial charge is 0.224 e. The number of aromatic amines is 1. The molecule has 0 bridgehead atoms. The molecule has 1 atom stereocenters. The van der Waals surface area contributed by atoms with E-state index in [1.54, 1.807) is 6.20 Å². The lowest BCUT2D eigenvalue weighted by atomic mass is 10.1. The van der Waals surface area contributed by atoms with Crippen molar-refractivity contribution >= 4 is 22.8 Å². The molecule has 0 aliphatic rings. The highest BCUT2D eigenvalue weighted by Gasteiger charge is 2.15. The van der Waals surface area contributed by atoms with Crippen LogP contribution < -0.4 is 10.6 Å². The molecule has 2 rings (SSSR count). The average Bonchev–Trinajstić information content (AvgIpc) is 2.82. The van der Waals surface area contributed by atoms with Gasteiger partial charge in [-0.25, -0.2) is 0 Å². The Labute approximate surface area is 107 Å². The Balaban J connectivity index is 2.40. The molecule has 3 N–H and O–H groups in total. The number of H-pyrrole nitrogens is 1. The molecule has 2 aromatic heterocycles. The van der Waals surface area contributed by atoms with Crippen LogP contribution in [0, 0.1) is 5.92 Å². The fraction of sp³-hybridized carbons (Fsp3) is 0.583. The van der Waals surface area contributed by atoms with Crippen molar-refractivity contribution in [1.29, 1.82) is 0 Å². The number of nitrogens with two attached hydrogens (primary N) is 1. The standard InChI is InChI=1S/C12H20N6/c1-4-8(3)7-18(5-2)11-9-6-14-17-10(9)15-12(13)16-11/h6,8H,4-5,7H2,1-3H3,(H3,13,14,15,16,17). The first-order valence-corrected chi connectivity index (χ1v) is 6.37. The molecular weight excluding hydrogens is 228 g/mol. The van der Waals surface area contributed by atoms with Gasteiger partial charge in [0, 0.05) is 13.1 Å². The molecule has 6 nitrogen and oxygen atoms in total. The van der Waals surface area contributed by atoms with Gasteiger partial charge in [0.05, 0.1) is 11.6 Å². The molecule has 0 spiro atoms. The maximum atomic E-state index is 5.74. The summed E-state index contributed by atoms with van der Waals surface area (Å²) >= 11 is 0. The van der Waals surface area contributed by atoms with Crippen LogP contribution in [-0.4, -0.2) is 33.3 Å². The predicted octanol–water partition coefficient (Wildman–Crippen LogP) is 1.81. The second-order valence-corrected chi connectivity index (χ2v) is 4.59. The molecule has 6 heteroatoms. The number of anilines is 2. The van der Waals surface area contributed by atoms with Gasteiger partial charge in [0.2, 0.25) is 5.95 Å². The molecule has 18 heavy (non-hydrogen) atoms. The van der Waals surface area contributed by atoms with Crippen molar-refractivity contribution < 1.29 is 0 Å². The fourth-order valence-electron chi connectivity index (χ4n) is 1.95. The van der Waals surface area contributed by atoms with Gasteiger partial charge in [0.25, 0.3) is 0 Å². The van der Waals surface area contributed by atoms with Gasteiger partial charge < -0.3 is 10.6 Å². The van der Waals surface area contributed by atoms with E-state index in [-0.39, 0.29) is 5.95 Å². The Kier molecular flexibility index (Phi) is 3.64. The third-order valence-electron chi connectivity index (χ3n) is 3.22. The Morgan fingerprint density at radius 2 is 2.17 bits per heavy atom. The lowest BCUT2D eigenvalue weighted by Crippen LogP contribution is -2.29. The number of nitrogen functional groups attached to an aromatic ring is 1. The monoisotopic (exact) mass is 248 g/mol. The summed E-state index contributed by atoms with van der Waals surface area (Å²) in [6, 6.07) is 0. The zero-order valence-corrected chi connectivity index (χ0v) is 11.1. The average molecular weight is 248 g/mol. The summed E-state index contributed by atoms with van der Waals surface area (Å²) in [4.78, 5) is 10.7. The molecule has 0 amide bonds. The number of fused-ring (bicyclic) bond motifs is 1. The molecule has 0 radical (unpaired) electrons. The number of hydrogen-bond acceptors (Lipinski definition) is 5. The van der Waals surface area contributed by atoms with E-state index >= 15 is 0 Å². The lowest BCUT2D eigenvalue weighted by Gasteiger charge is -2.25. The van der Waals surface area contributed by atoms with Crippen LogP contribution in [-0.2, 0) is 0 Å². The molecule has 0 saturated carbocycles. The minimum atomic E-state index is 0.282. The van der Waals surface area contributed by atoms with Crippen LogP contribution in [0.15, 0.2) is 6.20 Å². The van der Waals surface area contributed by atoms with Crippen LogP contribution in [0.1, 0.15) is 27.2 Å². The zero-order chi connectivity index (χ0) is 13.1. The third-order valence-corrected chi connectivity index (χ3v) is 3.22. The number of nitrogens with zero attached hydrogens (tertiary/aromatic N) is 4. The first kappa shape index (κ1) is 12.6. The van der Waals surface area contributed by atoms with Crippen LogP contribution in [0.4, 0.5) is 11.8 Å². The van der Waals surface area contributed by atoms with Crippen molar-refractivity contribution in [3.63, 3.8) is 0 Å². The SMILES string of the molecule is CCC(C)CN(CC)c1nc(N)nc2[nH]ncc12. The van der Waals surface area contributed by atoms with Gasteiger partial charge in [-0.05, 0) is 12.8 Å². The summed E-state index contributed by atoms with van der Waals surface area (Å²) in [5.41, 5.74) is 6.44. The van der Waals surface area contributed by atoms with E-state index in [1.165, 1.54) is 0 Å². The van der Waals surface area contributed by atoms with Crippen LogP contribution in [0.25, 0.3) is 11.0 Å². The summed E-state index contributed by atoms with van der Waals surface area (Å²) in [5.74, 6) is 1.77. The topological polar surface area (TPSA) is 83.7 Å². The normalized spacial score (nSPS) is 12.8. The first-order valence-electron chi connectivity index (χ1n) is 6.37. The van der Waals surface area contributed by atoms with Crippen molar-refractivity contribution in [1.82, 2.24) is 20.2 Å². The van der Waals surface area contributed by atoms with Gasteiger partial charge in [0.15, 0.2) is 5.65 Å². The number of aromatic nitrogens is 4. The van der Waals surface area contributed by atoms with Gasteiger partial charge in [-0.2, -0.15) is 15.1 Å². The Morgan fingerprint density at radius 1 is 1.39 bits per heavy atom. The summed E-state index contributed by atoms with van der Waals surface area (Å²) in [6.07, 6.45) is 2.90. The number of nitrogens with one attached hydrogen (secondary N) is 1. The van der Waals surface area contributed by atoms with Crippen molar-refractivity contribution in [2.24, 2.45) is 5.92 Å². The highest BCUT2D eigenvalue weighted by Crippen LogP contribution is 2.23. The van der Waals surface area contributed by atoms with E-state index in [0.29, 0.717) is 11.6 Å². The summed E-state index contributed by atoms with van der Waals surface area (Å²) in [6.45, 7) is 8.40. The molecule has 0 fully saturated rings. The minimum Gasteiger partial charge on any atom is -0.368 e. The molecule has 0 saturated heterocycles. The van der Waals surface area contributed by atoms with Crippen LogP contribution >= 0.6 is 0 Å². The van der Waals surface area contributed by atoms with Crippen molar-refractivity contribution in [3.05, 3.63) is 6.20 Å². The second-order valence-electron chi connectivity index (χ2n) is 4.59. The van der Waals surface area contributed by atoms with E-state index in [0.717, 1.165) is 30.7 Å². The van der Waals surface area contributed by atoms with Crippen molar-refractivity contribution in [2.75, 3.05) is 23.7 Å². The van der Waals surface area contributed by atoms with E-state index in [9.17, 15) is 0 Å². The Morgan fingerprint density at radius 3 is 2.83 bits per heavy atom. The van der Waals surface area contributed by atoms with Gasteiger partial charge in [-0.3, -0.25) is 5.10 Å². The van der Waals surface area contributed by atoms with E-state index in [4.69, 9.17) is 5.73 Å². The van der Waals surface area contributed by atoms with Gasteiger partial charge in [-0.1, -0.05) is 20.3 Å². The summed E-state index contributed by atoms with van der Waals surface area (Å²) < 4.78 is 0. The molecule has 98 valence electrons. The molecule has 0 aromatic carbocycles. The first-order chi connectivity index (χ1) is 8.65. The Bertz CT molecular complexity index is 520.